The van der Waals surface area contributed by atoms with Gasteiger partial charge >= 0.3 is 5.97 Å². The van der Waals surface area contributed by atoms with Gasteiger partial charge in [-0.15, -0.1) is 33.3 Å². The average Bonchev–Trinajstić information content (AvgIpc) is 3.28. The van der Waals surface area contributed by atoms with Gasteiger partial charge in [-0.2, -0.15) is 0 Å². The molecule has 0 aliphatic carbocycles. The van der Waals surface area contributed by atoms with Crippen LogP contribution in [-0.4, -0.2) is 70.5 Å². The summed E-state index contributed by atoms with van der Waals surface area (Å²) in [5, 5.41) is 22.8. The second-order valence-corrected chi connectivity index (χ2v) is 9.88. The molecule has 1 fully saturated rings. The van der Waals surface area contributed by atoms with E-state index in [0.29, 0.717) is 33.1 Å². The molecule has 0 radical (unpaired) electrons. The second kappa shape index (κ2) is 8.51. The van der Waals surface area contributed by atoms with Crippen molar-refractivity contribution < 1.29 is 19.5 Å². The number of aromatic nitrogens is 4. The summed E-state index contributed by atoms with van der Waals surface area (Å²) in [5.74, 6) is -0.383. The van der Waals surface area contributed by atoms with Gasteiger partial charge in [-0.3, -0.25) is 14.5 Å². The van der Waals surface area contributed by atoms with Crippen LogP contribution in [0.4, 0.5) is 5.13 Å². The standard InChI is InChI=1S/C17H19N7O4S3/c1-7-21-22-17(23(7)2)31-5-8-4-29-14-11(13(26)24(14)12(8)15(27)28)20-10(25)3-9-6-30-16(18)19-9/h6,11,14H,3-5H2,1-2H3,(H2,18,19)(H,20,25)(H,27,28)/t11?,14-/m1/s1. The van der Waals surface area contributed by atoms with E-state index in [9.17, 15) is 19.5 Å². The molecule has 2 aromatic rings. The van der Waals surface area contributed by atoms with Gasteiger partial charge in [0.15, 0.2) is 10.3 Å². The first-order valence-electron chi connectivity index (χ1n) is 9.14. The van der Waals surface area contributed by atoms with Gasteiger partial charge < -0.3 is 20.7 Å². The summed E-state index contributed by atoms with van der Waals surface area (Å²) in [7, 11) is 1.84. The van der Waals surface area contributed by atoms with Crippen molar-refractivity contribution in [3.05, 3.63) is 28.2 Å². The maximum Gasteiger partial charge on any atom is 0.352 e. The monoisotopic (exact) mass is 481 g/mol. The van der Waals surface area contributed by atoms with Gasteiger partial charge in [-0.1, -0.05) is 11.8 Å². The maximum atomic E-state index is 12.7. The van der Waals surface area contributed by atoms with Crippen LogP contribution in [0, 0.1) is 6.92 Å². The molecule has 0 spiro atoms. The number of carboxylic acids is 1. The normalized spacial score (nSPS) is 20.5. The summed E-state index contributed by atoms with van der Waals surface area (Å²) < 4.78 is 1.82. The smallest absolute Gasteiger partial charge is 0.352 e. The number of nitrogens with one attached hydrogen (secondary N) is 1. The van der Waals surface area contributed by atoms with Crippen molar-refractivity contribution in [2.75, 3.05) is 17.2 Å². The molecule has 14 heteroatoms. The van der Waals surface area contributed by atoms with Crippen molar-refractivity contribution in [2.45, 2.75) is 29.9 Å². The molecule has 2 amide bonds. The number of thioether (sulfide) groups is 2. The quantitative estimate of drug-likeness (QED) is 0.369. The lowest BCUT2D eigenvalue weighted by atomic mass is 10.0. The van der Waals surface area contributed by atoms with E-state index in [4.69, 9.17) is 5.73 Å². The highest BCUT2D eigenvalue weighted by Gasteiger charge is 2.54. The number of amides is 2. The number of aryl methyl sites for hydroxylation is 1. The highest BCUT2D eigenvalue weighted by atomic mass is 32.2. The number of nitrogen functional groups attached to an aromatic ring is 1. The number of thiazole rings is 1. The van der Waals surface area contributed by atoms with Crippen LogP contribution in [0.3, 0.4) is 0 Å². The molecule has 0 bridgehead atoms. The Labute approximate surface area is 189 Å². The fraction of sp³-hybridized carbons (Fsp3) is 0.412. The fourth-order valence-corrected chi connectivity index (χ4v) is 6.26. The molecule has 2 aliphatic heterocycles. The minimum atomic E-state index is -1.16. The van der Waals surface area contributed by atoms with Crippen LogP contribution >= 0.6 is 34.9 Å². The van der Waals surface area contributed by atoms with E-state index in [1.807, 2.05) is 18.5 Å². The molecule has 2 aliphatic rings. The van der Waals surface area contributed by atoms with E-state index < -0.39 is 23.3 Å². The number of fused-ring (bicyclic) bond motifs is 1. The molecule has 2 aromatic heterocycles. The summed E-state index contributed by atoms with van der Waals surface area (Å²) in [6.45, 7) is 1.83. The zero-order valence-electron chi connectivity index (χ0n) is 16.6. The number of anilines is 1. The molecule has 164 valence electrons. The molecular formula is C17H19N7O4S3. The molecular weight excluding hydrogens is 462 g/mol. The first-order chi connectivity index (χ1) is 14.8. The first-order valence-corrected chi connectivity index (χ1v) is 12.1. The largest absolute Gasteiger partial charge is 0.477 e. The third kappa shape index (κ3) is 4.14. The van der Waals surface area contributed by atoms with Gasteiger partial charge in [0, 0.05) is 23.9 Å². The van der Waals surface area contributed by atoms with Crippen LogP contribution in [0.5, 0.6) is 0 Å². The van der Waals surface area contributed by atoms with E-state index in [1.165, 1.54) is 39.8 Å². The summed E-state index contributed by atoms with van der Waals surface area (Å²) in [4.78, 5) is 42.3. The number of nitrogens with two attached hydrogens (primary N) is 1. The Hall–Kier alpha value is -2.58. The molecule has 0 aromatic carbocycles. The Morgan fingerprint density at radius 1 is 1.42 bits per heavy atom. The number of hydrogen-bond donors (Lipinski definition) is 3. The molecule has 4 rings (SSSR count). The van der Waals surface area contributed by atoms with E-state index in [0.717, 1.165) is 5.82 Å². The van der Waals surface area contributed by atoms with Crippen molar-refractivity contribution in [3.63, 3.8) is 0 Å². The van der Waals surface area contributed by atoms with Crippen molar-refractivity contribution in [1.82, 2.24) is 30.0 Å². The van der Waals surface area contributed by atoms with Crippen LogP contribution in [0.15, 0.2) is 21.8 Å². The van der Waals surface area contributed by atoms with Crippen LogP contribution in [-0.2, 0) is 27.9 Å². The third-order valence-corrected chi connectivity index (χ3v) is 8.07. The molecule has 0 saturated carbocycles. The SMILES string of the molecule is Cc1nnc(SCC2=C(C(=O)O)N3C(=O)C(NC(=O)Cc4csc(N)n4)[C@H]3SC2)n1C. The lowest BCUT2D eigenvalue weighted by Gasteiger charge is -2.49. The fourth-order valence-electron chi connectivity index (χ4n) is 3.25. The van der Waals surface area contributed by atoms with Crippen molar-refractivity contribution in [3.8, 4) is 0 Å². The second-order valence-electron chi connectivity index (χ2n) is 6.94. The lowest BCUT2D eigenvalue weighted by Crippen LogP contribution is -2.70. The van der Waals surface area contributed by atoms with Gasteiger partial charge in [0.05, 0.1) is 12.1 Å². The number of nitrogens with zero attached hydrogens (tertiary/aromatic N) is 5. The van der Waals surface area contributed by atoms with Crippen molar-refractivity contribution in [1.29, 1.82) is 0 Å². The topological polar surface area (TPSA) is 156 Å². The Kier molecular flexibility index (Phi) is 5.94. The van der Waals surface area contributed by atoms with Crippen LogP contribution < -0.4 is 11.1 Å². The van der Waals surface area contributed by atoms with Gasteiger partial charge in [0.1, 0.15) is 22.9 Å². The zero-order chi connectivity index (χ0) is 22.3. The first kappa shape index (κ1) is 21.6. The number of carbonyl (C=O) groups excluding carboxylic acids is 2. The molecule has 4 heterocycles. The molecule has 11 nitrogen and oxygen atoms in total. The Balaban J connectivity index is 1.44. The Morgan fingerprint density at radius 3 is 2.81 bits per heavy atom. The highest BCUT2D eigenvalue weighted by Crippen LogP contribution is 2.41. The van der Waals surface area contributed by atoms with Crippen LogP contribution in [0.1, 0.15) is 11.5 Å². The zero-order valence-corrected chi connectivity index (χ0v) is 19.0. The number of rotatable bonds is 7. The van der Waals surface area contributed by atoms with Gasteiger partial charge in [-0.25, -0.2) is 9.78 Å². The highest BCUT2D eigenvalue weighted by molar-refractivity contribution is 8.01. The number of carboxylic acid groups (broad SMARTS) is 1. The van der Waals surface area contributed by atoms with E-state index in [1.54, 1.807) is 5.38 Å². The molecule has 1 unspecified atom stereocenters. The number of β-lactam (4-membered cyclic amide) rings is 1. The molecule has 31 heavy (non-hydrogen) atoms. The minimum Gasteiger partial charge on any atom is -0.477 e. The molecule has 4 N–H and O–H groups in total. The predicted molar refractivity (Wildman–Crippen MR) is 116 cm³/mol. The summed E-state index contributed by atoms with van der Waals surface area (Å²) in [6, 6.07) is -0.765. The van der Waals surface area contributed by atoms with Gasteiger partial charge in [0.25, 0.3) is 5.91 Å². The van der Waals surface area contributed by atoms with E-state index in [2.05, 4.69) is 20.5 Å². The molecule has 2 atom stereocenters. The summed E-state index contributed by atoms with van der Waals surface area (Å²) in [5.41, 5.74) is 6.72. The number of hydrogen-bond acceptors (Lipinski definition) is 10. The average molecular weight is 482 g/mol. The van der Waals surface area contributed by atoms with Gasteiger partial charge in [-0.05, 0) is 12.5 Å². The van der Waals surface area contributed by atoms with E-state index in [-0.39, 0.29) is 18.0 Å². The number of aliphatic carboxylic acids is 1. The van der Waals surface area contributed by atoms with Gasteiger partial charge in [0.2, 0.25) is 5.91 Å². The number of carbonyl (C=O) groups is 3. The summed E-state index contributed by atoms with van der Waals surface area (Å²) in [6.07, 6.45) is 0.00943. The summed E-state index contributed by atoms with van der Waals surface area (Å²) >= 11 is 4.04. The minimum absolute atomic E-state index is 0.00943. The Morgan fingerprint density at radius 2 is 2.19 bits per heavy atom. The maximum absolute atomic E-state index is 12.7. The van der Waals surface area contributed by atoms with Crippen LogP contribution in [0.2, 0.25) is 0 Å². The van der Waals surface area contributed by atoms with Crippen molar-refractivity contribution >= 4 is 57.8 Å². The predicted octanol–water partition coefficient (Wildman–Crippen LogP) is 0.236. The van der Waals surface area contributed by atoms with E-state index >= 15 is 0 Å². The Bertz CT molecular complexity index is 1100. The van der Waals surface area contributed by atoms with Crippen molar-refractivity contribution in [2.24, 2.45) is 7.05 Å². The third-order valence-electron chi connectivity index (χ3n) is 4.91. The van der Waals surface area contributed by atoms with Crippen LogP contribution in [0.25, 0.3) is 0 Å². The lowest BCUT2D eigenvalue weighted by molar-refractivity contribution is -0.150. The molecule has 1 saturated heterocycles.